The molecule has 1 atom stereocenters. The second kappa shape index (κ2) is 7.93. The molecule has 0 radical (unpaired) electrons. The van der Waals surface area contributed by atoms with Crippen LogP contribution >= 0.6 is 12.4 Å². The molecule has 3 N–H and O–H groups in total. The van der Waals surface area contributed by atoms with Gasteiger partial charge in [-0.3, -0.25) is 4.79 Å². The molecule has 0 spiro atoms. The zero-order chi connectivity index (χ0) is 17.3. The number of amides is 1. The van der Waals surface area contributed by atoms with Crippen LogP contribution in [0, 0.1) is 24.5 Å². The summed E-state index contributed by atoms with van der Waals surface area (Å²) in [6.45, 7) is 2.11. The third kappa shape index (κ3) is 4.55. The zero-order valence-corrected chi connectivity index (χ0v) is 14.7. The van der Waals surface area contributed by atoms with Crippen molar-refractivity contribution < 1.29 is 13.6 Å². The lowest BCUT2D eigenvalue weighted by molar-refractivity contribution is 0.0950. The average molecular weight is 367 g/mol. The molecule has 6 heteroatoms. The van der Waals surface area contributed by atoms with E-state index in [1.807, 2.05) is 0 Å². The first-order valence-electron chi connectivity index (χ1n) is 8.05. The van der Waals surface area contributed by atoms with Crippen LogP contribution in [0.3, 0.4) is 0 Å². The summed E-state index contributed by atoms with van der Waals surface area (Å²) in [6.07, 6.45) is 2.22. The van der Waals surface area contributed by atoms with Crippen LogP contribution in [0.5, 0.6) is 0 Å². The standard InChI is InChI=1S/C19H20F2N2O.ClH/c1-11-8-14(20)5-7-15(11)16-6-4-13(9-17(16)21)19(24)23-10-18(22)12-2-3-12;/h4-9,12,18H,2-3,10,22H2,1H3,(H,23,24);1H. The second-order valence-corrected chi connectivity index (χ2v) is 6.37. The van der Waals surface area contributed by atoms with Gasteiger partial charge in [-0.2, -0.15) is 0 Å². The molecular formula is C19H21ClF2N2O. The summed E-state index contributed by atoms with van der Waals surface area (Å²) in [5, 5.41) is 2.75. The number of rotatable bonds is 5. The molecule has 0 aliphatic heterocycles. The highest BCUT2D eigenvalue weighted by Crippen LogP contribution is 2.31. The molecular weight excluding hydrogens is 346 g/mol. The number of nitrogens with one attached hydrogen (secondary N) is 1. The molecule has 1 saturated carbocycles. The van der Waals surface area contributed by atoms with E-state index >= 15 is 0 Å². The van der Waals surface area contributed by atoms with E-state index in [0.29, 0.717) is 29.2 Å². The summed E-state index contributed by atoms with van der Waals surface area (Å²) in [5.41, 5.74) is 7.79. The van der Waals surface area contributed by atoms with Gasteiger partial charge in [-0.15, -0.1) is 12.4 Å². The van der Waals surface area contributed by atoms with Crippen molar-refractivity contribution in [3.8, 4) is 11.1 Å². The lowest BCUT2D eigenvalue weighted by Crippen LogP contribution is -2.38. The van der Waals surface area contributed by atoms with E-state index in [0.717, 1.165) is 12.8 Å². The topological polar surface area (TPSA) is 55.1 Å². The molecule has 0 heterocycles. The number of carbonyl (C=O) groups is 1. The Morgan fingerprint density at radius 2 is 1.88 bits per heavy atom. The molecule has 1 fully saturated rings. The second-order valence-electron chi connectivity index (χ2n) is 6.37. The SMILES string of the molecule is Cc1cc(F)ccc1-c1ccc(C(=O)NCC(N)C2CC2)cc1F.Cl. The van der Waals surface area contributed by atoms with Crippen LogP contribution in [-0.2, 0) is 0 Å². The normalized spacial score (nSPS) is 14.6. The van der Waals surface area contributed by atoms with E-state index in [1.54, 1.807) is 19.1 Å². The lowest BCUT2D eigenvalue weighted by atomic mass is 9.98. The summed E-state index contributed by atoms with van der Waals surface area (Å²) in [7, 11) is 0. The first-order chi connectivity index (χ1) is 11.5. The molecule has 1 aliphatic carbocycles. The van der Waals surface area contributed by atoms with Crippen molar-refractivity contribution in [2.45, 2.75) is 25.8 Å². The first kappa shape index (κ1) is 19.3. The monoisotopic (exact) mass is 366 g/mol. The van der Waals surface area contributed by atoms with Gasteiger partial charge in [0.05, 0.1) is 0 Å². The summed E-state index contributed by atoms with van der Waals surface area (Å²) in [6, 6.07) is 8.47. The largest absolute Gasteiger partial charge is 0.350 e. The van der Waals surface area contributed by atoms with E-state index in [-0.39, 0.29) is 35.7 Å². The predicted molar refractivity (Wildman–Crippen MR) is 96.8 cm³/mol. The van der Waals surface area contributed by atoms with Gasteiger partial charge in [-0.25, -0.2) is 8.78 Å². The fourth-order valence-electron chi connectivity index (χ4n) is 2.81. The first-order valence-corrected chi connectivity index (χ1v) is 8.05. The minimum atomic E-state index is -0.510. The molecule has 3 nitrogen and oxygen atoms in total. The molecule has 134 valence electrons. The van der Waals surface area contributed by atoms with Crippen molar-refractivity contribution >= 4 is 18.3 Å². The van der Waals surface area contributed by atoms with E-state index in [4.69, 9.17) is 5.73 Å². The van der Waals surface area contributed by atoms with Gasteiger partial charge >= 0.3 is 0 Å². The lowest BCUT2D eigenvalue weighted by Gasteiger charge is -2.12. The van der Waals surface area contributed by atoms with Gasteiger partial charge in [-0.05, 0) is 61.1 Å². The van der Waals surface area contributed by atoms with Crippen molar-refractivity contribution in [1.82, 2.24) is 5.32 Å². The Bertz CT molecular complexity index is 778. The van der Waals surface area contributed by atoms with Crippen LogP contribution in [-0.4, -0.2) is 18.5 Å². The maximum absolute atomic E-state index is 14.4. The van der Waals surface area contributed by atoms with Gasteiger partial charge in [0.2, 0.25) is 0 Å². The highest BCUT2D eigenvalue weighted by molar-refractivity contribution is 5.94. The third-order valence-corrected chi connectivity index (χ3v) is 4.44. The van der Waals surface area contributed by atoms with E-state index in [2.05, 4.69) is 5.32 Å². The summed E-state index contributed by atoms with van der Waals surface area (Å²) < 4.78 is 27.6. The van der Waals surface area contributed by atoms with Crippen LogP contribution in [0.1, 0.15) is 28.8 Å². The van der Waals surface area contributed by atoms with Crippen LogP contribution in [0.2, 0.25) is 0 Å². The molecule has 1 aliphatic rings. The van der Waals surface area contributed by atoms with E-state index < -0.39 is 5.82 Å². The van der Waals surface area contributed by atoms with Crippen molar-refractivity contribution in [2.24, 2.45) is 11.7 Å². The summed E-state index contributed by atoms with van der Waals surface area (Å²) >= 11 is 0. The molecule has 0 aromatic heterocycles. The van der Waals surface area contributed by atoms with Gasteiger partial charge in [0.25, 0.3) is 5.91 Å². The zero-order valence-electron chi connectivity index (χ0n) is 13.9. The Hall–Kier alpha value is -1.98. The highest BCUT2D eigenvalue weighted by Gasteiger charge is 2.28. The number of nitrogens with two attached hydrogens (primary N) is 1. The fourth-order valence-corrected chi connectivity index (χ4v) is 2.81. The number of halogens is 3. The van der Waals surface area contributed by atoms with Gasteiger partial charge in [0.15, 0.2) is 0 Å². The third-order valence-electron chi connectivity index (χ3n) is 4.44. The van der Waals surface area contributed by atoms with Crippen LogP contribution < -0.4 is 11.1 Å². The van der Waals surface area contributed by atoms with Crippen LogP contribution in [0.4, 0.5) is 8.78 Å². The van der Waals surface area contributed by atoms with Gasteiger partial charge in [0, 0.05) is 23.7 Å². The average Bonchev–Trinajstić information content (AvgIpc) is 3.38. The number of aryl methyl sites for hydroxylation is 1. The Morgan fingerprint density at radius 3 is 2.48 bits per heavy atom. The number of hydrogen-bond acceptors (Lipinski definition) is 2. The Morgan fingerprint density at radius 1 is 1.20 bits per heavy atom. The summed E-state index contributed by atoms with van der Waals surface area (Å²) in [4.78, 5) is 12.1. The molecule has 3 rings (SSSR count). The highest BCUT2D eigenvalue weighted by atomic mass is 35.5. The summed E-state index contributed by atoms with van der Waals surface area (Å²) in [5.74, 6) is -0.721. The Balaban J connectivity index is 0.00000225. The fraction of sp³-hybridized carbons (Fsp3) is 0.316. The quantitative estimate of drug-likeness (QED) is 0.845. The molecule has 0 saturated heterocycles. The van der Waals surface area contributed by atoms with E-state index in [9.17, 15) is 13.6 Å². The number of hydrogen-bond donors (Lipinski definition) is 2. The minimum absolute atomic E-state index is 0. The Labute approximate surface area is 152 Å². The van der Waals surface area contributed by atoms with Crippen molar-refractivity contribution in [2.75, 3.05) is 6.54 Å². The maximum Gasteiger partial charge on any atom is 0.251 e. The van der Waals surface area contributed by atoms with Crippen LogP contribution in [0.25, 0.3) is 11.1 Å². The minimum Gasteiger partial charge on any atom is -0.350 e. The molecule has 25 heavy (non-hydrogen) atoms. The van der Waals surface area contributed by atoms with Gasteiger partial charge in [0.1, 0.15) is 11.6 Å². The molecule has 2 aromatic rings. The maximum atomic E-state index is 14.4. The number of carbonyl (C=O) groups excluding carboxylic acids is 1. The van der Waals surface area contributed by atoms with Crippen LogP contribution in [0.15, 0.2) is 36.4 Å². The number of benzene rings is 2. The van der Waals surface area contributed by atoms with E-state index in [1.165, 1.54) is 24.3 Å². The molecule has 1 unspecified atom stereocenters. The van der Waals surface area contributed by atoms with Crippen molar-refractivity contribution in [1.29, 1.82) is 0 Å². The van der Waals surface area contributed by atoms with Gasteiger partial charge < -0.3 is 11.1 Å². The van der Waals surface area contributed by atoms with Crippen molar-refractivity contribution in [3.63, 3.8) is 0 Å². The van der Waals surface area contributed by atoms with Gasteiger partial charge in [-0.1, -0.05) is 12.1 Å². The molecule has 2 aromatic carbocycles. The van der Waals surface area contributed by atoms with Crippen molar-refractivity contribution in [3.05, 3.63) is 59.2 Å². The molecule has 0 bridgehead atoms. The Kier molecular flexibility index (Phi) is 6.14. The smallest absolute Gasteiger partial charge is 0.251 e. The molecule has 1 amide bonds. The predicted octanol–water partition coefficient (Wildman–Crippen LogP) is 3.83.